The van der Waals surface area contributed by atoms with E-state index >= 15 is 0 Å². The number of nitriles is 1. The second kappa shape index (κ2) is 5.37. The van der Waals surface area contributed by atoms with E-state index in [4.69, 9.17) is 11.0 Å². The lowest BCUT2D eigenvalue weighted by Crippen LogP contribution is -2.43. The Bertz CT molecular complexity index is 280. The maximum Gasteiger partial charge on any atom is 0.101 e. The van der Waals surface area contributed by atoms with Crippen molar-refractivity contribution < 1.29 is 0 Å². The molecule has 1 aliphatic heterocycles. The van der Waals surface area contributed by atoms with E-state index in [1.807, 2.05) is 6.92 Å². The second-order valence-corrected chi connectivity index (χ2v) is 6.29. The largest absolute Gasteiger partial charge is 0.314 e. The van der Waals surface area contributed by atoms with Gasteiger partial charge in [0.25, 0.3) is 0 Å². The maximum absolute atomic E-state index is 8.87. The molecule has 96 valence electrons. The normalized spacial score (nSPS) is 32.8. The van der Waals surface area contributed by atoms with E-state index in [1.165, 1.54) is 38.8 Å². The minimum absolute atomic E-state index is 0.633. The fraction of sp³-hybridized carbons (Fsp3) is 0.929. The van der Waals surface area contributed by atoms with Gasteiger partial charge in [0.2, 0.25) is 0 Å². The van der Waals surface area contributed by atoms with E-state index < -0.39 is 5.54 Å². The average molecular weight is 235 g/mol. The molecule has 1 saturated carbocycles. The van der Waals surface area contributed by atoms with Gasteiger partial charge < -0.3 is 10.6 Å². The highest BCUT2D eigenvalue weighted by atomic mass is 15.1. The molecule has 3 unspecified atom stereocenters. The van der Waals surface area contributed by atoms with Crippen molar-refractivity contribution in [1.29, 1.82) is 5.26 Å². The van der Waals surface area contributed by atoms with Crippen LogP contribution in [0.5, 0.6) is 0 Å². The van der Waals surface area contributed by atoms with E-state index in [9.17, 15) is 0 Å². The third-order valence-corrected chi connectivity index (χ3v) is 4.35. The molecule has 0 spiro atoms. The molecule has 3 atom stereocenters. The van der Waals surface area contributed by atoms with Crippen LogP contribution >= 0.6 is 0 Å². The molecule has 0 amide bonds. The zero-order valence-corrected chi connectivity index (χ0v) is 11.0. The van der Waals surface area contributed by atoms with Crippen LogP contribution in [0.15, 0.2) is 0 Å². The van der Waals surface area contributed by atoms with Gasteiger partial charge in [-0.3, -0.25) is 0 Å². The lowest BCUT2D eigenvalue weighted by atomic mass is 9.78. The van der Waals surface area contributed by atoms with E-state index in [1.54, 1.807) is 0 Å². The molecule has 2 N–H and O–H groups in total. The first kappa shape index (κ1) is 12.9. The zero-order valence-electron chi connectivity index (χ0n) is 11.0. The van der Waals surface area contributed by atoms with Gasteiger partial charge in [-0.15, -0.1) is 0 Å². The van der Waals surface area contributed by atoms with Crippen LogP contribution in [0.3, 0.4) is 0 Å². The standard InChI is InChI=1S/C14H25N3/c1-14(16,11-15)6-3-7-17-9-12-4-2-5-13(8-12)10-17/h12-13H,2-10,16H2,1H3. The van der Waals surface area contributed by atoms with E-state index in [2.05, 4.69) is 11.0 Å². The number of hydrogen-bond acceptors (Lipinski definition) is 3. The van der Waals surface area contributed by atoms with Gasteiger partial charge in [0, 0.05) is 13.1 Å². The monoisotopic (exact) mass is 235 g/mol. The fourth-order valence-corrected chi connectivity index (χ4v) is 3.45. The Balaban J connectivity index is 1.72. The van der Waals surface area contributed by atoms with E-state index in [0.717, 1.165) is 31.2 Å². The summed E-state index contributed by atoms with van der Waals surface area (Å²) in [6.07, 6.45) is 7.64. The molecule has 0 radical (unpaired) electrons. The van der Waals surface area contributed by atoms with Crippen LogP contribution < -0.4 is 5.73 Å². The van der Waals surface area contributed by atoms with Crippen molar-refractivity contribution in [3.8, 4) is 6.07 Å². The molecule has 1 saturated heterocycles. The first-order valence-corrected chi connectivity index (χ1v) is 7.01. The molecule has 1 aliphatic carbocycles. The number of nitrogens with zero attached hydrogens (tertiary/aromatic N) is 2. The Hall–Kier alpha value is -0.590. The van der Waals surface area contributed by atoms with Gasteiger partial charge in [-0.25, -0.2) is 0 Å². The number of nitrogens with two attached hydrogens (primary N) is 1. The highest BCUT2D eigenvalue weighted by molar-refractivity contribution is 5.00. The van der Waals surface area contributed by atoms with Crippen molar-refractivity contribution in [3.63, 3.8) is 0 Å². The molecule has 17 heavy (non-hydrogen) atoms. The summed E-state index contributed by atoms with van der Waals surface area (Å²) in [5.74, 6) is 1.89. The lowest BCUT2D eigenvalue weighted by Gasteiger charge is -2.41. The van der Waals surface area contributed by atoms with Crippen LogP contribution in [0, 0.1) is 23.2 Å². The number of hydrogen-bond donors (Lipinski definition) is 1. The minimum atomic E-state index is -0.633. The van der Waals surface area contributed by atoms with Crippen molar-refractivity contribution in [2.24, 2.45) is 17.6 Å². The van der Waals surface area contributed by atoms with Gasteiger partial charge in [-0.05, 0) is 57.4 Å². The second-order valence-electron chi connectivity index (χ2n) is 6.29. The first-order chi connectivity index (χ1) is 8.09. The van der Waals surface area contributed by atoms with Crippen molar-refractivity contribution in [3.05, 3.63) is 0 Å². The van der Waals surface area contributed by atoms with Crippen LogP contribution in [-0.2, 0) is 0 Å². The maximum atomic E-state index is 8.87. The Morgan fingerprint density at radius 2 is 2.00 bits per heavy atom. The smallest absolute Gasteiger partial charge is 0.101 e. The predicted octanol–water partition coefficient (Wildman–Crippen LogP) is 2.13. The van der Waals surface area contributed by atoms with Gasteiger partial charge in [0.1, 0.15) is 5.54 Å². The predicted molar refractivity (Wildman–Crippen MR) is 69.3 cm³/mol. The third-order valence-electron chi connectivity index (χ3n) is 4.35. The first-order valence-electron chi connectivity index (χ1n) is 7.01. The molecule has 2 fully saturated rings. The molecule has 1 heterocycles. The van der Waals surface area contributed by atoms with Gasteiger partial charge in [-0.2, -0.15) is 5.26 Å². The summed E-state index contributed by atoms with van der Waals surface area (Å²) in [5.41, 5.74) is 5.21. The summed E-state index contributed by atoms with van der Waals surface area (Å²) in [4.78, 5) is 2.60. The highest BCUT2D eigenvalue weighted by Gasteiger charge is 2.30. The molecule has 0 aromatic carbocycles. The third kappa shape index (κ3) is 3.69. The summed E-state index contributed by atoms with van der Waals surface area (Å²) >= 11 is 0. The summed E-state index contributed by atoms with van der Waals surface area (Å²) in [6, 6.07) is 2.18. The van der Waals surface area contributed by atoms with Gasteiger partial charge >= 0.3 is 0 Å². The summed E-state index contributed by atoms with van der Waals surface area (Å²) in [5, 5.41) is 8.87. The molecule has 3 nitrogen and oxygen atoms in total. The summed E-state index contributed by atoms with van der Waals surface area (Å²) < 4.78 is 0. The molecular formula is C14H25N3. The Morgan fingerprint density at radius 3 is 2.59 bits per heavy atom. The molecule has 2 aliphatic rings. The van der Waals surface area contributed by atoms with Gasteiger partial charge in [0.15, 0.2) is 0 Å². The van der Waals surface area contributed by atoms with Crippen LogP contribution in [0.25, 0.3) is 0 Å². The molecule has 0 aromatic rings. The van der Waals surface area contributed by atoms with Crippen molar-refractivity contribution in [1.82, 2.24) is 4.90 Å². The van der Waals surface area contributed by atoms with Crippen LogP contribution in [-0.4, -0.2) is 30.1 Å². The number of fused-ring (bicyclic) bond motifs is 2. The quantitative estimate of drug-likeness (QED) is 0.812. The molecular weight excluding hydrogens is 210 g/mol. The highest BCUT2D eigenvalue weighted by Crippen LogP contribution is 2.34. The number of piperidine rings is 1. The summed E-state index contributed by atoms with van der Waals surface area (Å²) in [7, 11) is 0. The number of rotatable bonds is 4. The number of likely N-dealkylation sites (tertiary alicyclic amines) is 1. The fourth-order valence-electron chi connectivity index (χ4n) is 3.45. The van der Waals surface area contributed by atoms with Crippen molar-refractivity contribution in [2.75, 3.05) is 19.6 Å². The van der Waals surface area contributed by atoms with Gasteiger partial charge in [-0.1, -0.05) is 6.42 Å². The van der Waals surface area contributed by atoms with E-state index in [0.29, 0.717) is 0 Å². The Kier molecular flexibility index (Phi) is 4.06. The molecule has 3 heteroatoms. The van der Waals surface area contributed by atoms with Crippen LogP contribution in [0.1, 0.15) is 45.4 Å². The zero-order chi connectivity index (χ0) is 12.3. The lowest BCUT2D eigenvalue weighted by molar-refractivity contribution is 0.0842. The summed E-state index contributed by atoms with van der Waals surface area (Å²) in [6.45, 7) is 5.52. The van der Waals surface area contributed by atoms with E-state index in [-0.39, 0.29) is 0 Å². The topological polar surface area (TPSA) is 53.1 Å². The van der Waals surface area contributed by atoms with Crippen molar-refractivity contribution >= 4 is 0 Å². The molecule has 2 bridgehead atoms. The van der Waals surface area contributed by atoms with Gasteiger partial charge in [0.05, 0.1) is 6.07 Å². The average Bonchev–Trinajstić information content (AvgIpc) is 2.28. The Morgan fingerprint density at radius 1 is 1.35 bits per heavy atom. The SMILES string of the molecule is CC(N)(C#N)CCCN1CC2CCCC(C2)C1. The molecule has 2 rings (SSSR count). The molecule has 0 aromatic heterocycles. The van der Waals surface area contributed by atoms with Crippen LogP contribution in [0.4, 0.5) is 0 Å². The van der Waals surface area contributed by atoms with Crippen LogP contribution in [0.2, 0.25) is 0 Å². The van der Waals surface area contributed by atoms with Crippen molar-refractivity contribution in [2.45, 2.75) is 51.0 Å². The minimum Gasteiger partial charge on any atom is -0.314 e. The Labute approximate surface area is 105 Å².